The molecule has 184 valence electrons. The van der Waals surface area contributed by atoms with Crippen LogP contribution < -0.4 is 4.57 Å². The number of fused-ring (bicyclic) bond motifs is 5. The smallest absolute Gasteiger partial charge is 0.336 e. The van der Waals surface area contributed by atoms with E-state index in [4.69, 9.17) is 4.42 Å². The van der Waals surface area contributed by atoms with E-state index in [0.29, 0.717) is 17.8 Å². The molecule has 0 N–H and O–H groups in total. The van der Waals surface area contributed by atoms with Gasteiger partial charge in [-0.3, -0.25) is 0 Å². The van der Waals surface area contributed by atoms with Crippen molar-refractivity contribution in [2.45, 2.75) is 62.8 Å². The Labute approximate surface area is 215 Å². The SMILES string of the molecule is CC1CC2CC23C2C[N+]4=C(CCC=C4n4ccc5oc([n+]3c54)-c3c4c(n(C)c31)CCC=C4)n1cccc12. The van der Waals surface area contributed by atoms with Crippen molar-refractivity contribution in [3.8, 4) is 11.5 Å². The third kappa shape index (κ3) is 2.04. The van der Waals surface area contributed by atoms with E-state index < -0.39 is 0 Å². The van der Waals surface area contributed by atoms with Crippen molar-refractivity contribution >= 4 is 29.0 Å². The minimum Gasteiger partial charge on any atom is -0.414 e. The van der Waals surface area contributed by atoms with Crippen molar-refractivity contribution in [2.75, 3.05) is 6.54 Å². The minimum absolute atomic E-state index is 0.0361. The Morgan fingerprint density at radius 2 is 2.05 bits per heavy atom. The summed E-state index contributed by atoms with van der Waals surface area (Å²) in [6.07, 6.45) is 18.6. The van der Waals surface area contributed by atoms with Gasteiger partial charge in [-0.05, 0) is 56.2 Å². The molecule has 4 unspecified atom stereocenters. The van der Waals surface area contributed by atoms with Gasteiger partial charge in [0.15, 0.2) is 0 Å². The van der Waals surface area contributed by atoms with E-state index in [-0.39, 0.29) is 5.54 Å². The first-order valence-electron chi connectivity index (χ1n) is 14.1. The summed E-state index contributed by atoms with van der Waals surface area (Å²) in [5, 5.41) is 0. The van der Waals surface area contributed by atoms with Crippen LogP contribution in [0.15, 0.2) is 47.2 Å². The highest BCUT2D eigenvalue weighted by atomic mass is 16.4. The molecule has 1 saturated carbocycles. The molecule has 0 amide bonds. The molecule has 1 fully saturated rings. The molecule has 6 heteroatoms. The van der Waals surface area contributed by atoms with Crippen molar-refractivity contribution in [1.29, 1.82) is 0 Å². The Bertz CT molecular complexity index is 1810. The average molecular weight is 490 g/mol. The maximum absolute atomic E-state index is 7.01. The summed E-state index contributed by atoms with van der Waals surface area (Å²) in [4.78, 5) is 0. The van der Waals surface area contributed by atoms with E-state index >= 15 is 0 Å². The summed E-state index contributed by atoms with van der Waals surface area (Å²) in [7, 11) is 2.29. The predicted molar refractivity (Wildman–Crippen MR) is 141 cm³/mol. The molecule has 4 bridgehead atoms. The van der Waals surface area contributed by atoms with Crippen molar-refractivity contribution in [3.63, 3.8) is 0 Å². The Kier molecular flexibility index (Phi) is 3.23. The average Bonchev–Trinajstić information content (AvgIpc) is 3.34. The minimum atomic E-state index is 0.0361. The zero-order valence-electron chi connectivity index (χ0n) is 21.4. The highest BCUT2D eigenvalue weighted by Crippen LogP contribution is 2.63. The van der Waals surface area contributed by atoms with E-state index in [1.807, 2.05) is 0 Å². The van der Waals surface area contributed by atoms with Crippen LogP contribution in [0.3, 0.4) is 0 Å². The molecule has 4 aromatic heterocycles. The highest BCUT2D eigenvalue weighted by molar-refractivity contribution is 5.86. The molecule has 0 saturated heterocycles. The largest absolute Gasteiger partial charge is 0.414 e. The topological polar surface area (TPSA) is 34.8 Å². The second-order valence-electron chi connectivity index (χ2n) is 12.2. The summed E-state index contributed by atoms with van der Waals surface area (Å²) in [5.41, 5.74) is 9.47. The number of aromatic nitrogens is 4. The Hall–Kier alpha value is -3.54. The zero-order valence-corrected chi connectivity index (χ0v) is 21.4. The lowest BCUT2D eigenvalue weighted by molar-refractivity contribution is -0.724. The Balaban J connectivity index is 1.39. The standard InChI is InChI=1S/C31H31N5O/c1-18-15-19-16-31(19)21-17-35-25(33-13-6-9-23(21)33)10-5-11-26(35)34-14-12-24-29(34)36(31)30(37-24)27-20-7-3-4-8-22(20)32(2)28(18)27/h3,6-7,9,11-14,18-19,21H,4-5,8,10,15-17H2,1-2H3/q+2. The van der Waals surface area contributed by atoms with E-state index in [0.717, 1.165) is 43.7 Å². The van der Waals surface area contributed by atoms with Gasteiger partial charge in [0.25, 0.3) is 5.82 Å². The maximum Gasteiger partial charge on any atom is 0.336 e. The summed E-state index contributed by atoms with van der Waals surface area (Å²) < 4.78 is 19.8. The lowest BCUT2D eigenvalue weighted by atomic mass is 9.84. The molecule has 6 nitrogen and oxygen atoms in total. The van der Waals surface area contributed by atoms with Gasteiger partial charge >= 0.3 is 11.5 Å². The van der Waals surface area contributed by atoms with Crippen LogP contribution in [0, 0.1) is 5.92 Å². The third-order valence-corrected chi connectivity index (χ3v) is 10.6. The fourth-order valence-electron chi connectivity index (χ4n) is 9.17. The molecule has 0 radical (unpaired) electrons. The summed E-state index contributed by atoms with van der Waals surface area (Å²) in [6.45, 7) is 3.51. The van der Waals surface area contributed by atoms with Crippen molar-refractivity contribution in [2.24, 2.45) is 13.0 Å². The number of oxazole rings is 1. The molecule has 1 spiro atoms. The maximum atomic E-state index is 7.01. The van der Waals surface area contributed by atoms with E-state index in [9.17, 15) is 0 Å². The molecule has 10 rings (SSSR count). The van der Waals surface area contributed by atoms with Crippen molar-refractivity contribution < 1.29 is 13.6 Å². The van der Waals surface area contributed by atoms with Gasteiger partial charge in [-0.25, -0.2) is 9.14 Å². The van der Waals surface area contributed by atoms with Crippen LogP contribution >= 0.6 is 0 Å². The van der Waals surface area contributed by atoms with Crippen molar-refractivity contribution in [3.05, 3.63) is 65.4 Å². The zero-order chi connectivity index (χ0) is 24.2. The van der Waals surface area contributed by atoms with Gasteiger partial charge in [0.1, 0.15) is 11.7 Å². The Morgan fingerprint density at radius 3 is 3.00 bits per heavy atom. The van der Waals surface area contributed by atoms with Gasteiger partial charge in [0.05, 0.1) is 29.9 Å². The quantitative estimate of drug-likeness (QED) is 0.314. The normalized spacial score (nSPS) is 30.0. The molecule has 8 heterocycles. The van der Waals surface area contributed by atoms with Gasteiger partial charge in [-0.15, -0.1) is 0 Å². The van der Waals surface area contributed by atoms with Crippen LogP contribution in [0.5, 0.6) is 0 Å². The van der Waals surface area contributed by atoms with Crippen LogP contribution in [-0.2, 0) is 19.0 Å². The van der Waals surface area contributed by atoms with Gasteiger partial charge < -0.3 is 8.98 Å². The number of hydrogen-bond donors (Lipinski definition) is 0. The molecule has 0 aromatic carbocycles. The number of rotatable bonds is 0. The first-order valence-corrected chi connectivity index (χ1v) is 14.1. The third-order valence-electron chi connectivity index (χ3n) is 10.6. The highest BCUT2D eigenvalue weighted by Gasteiger charge is 2.70. The summed E-state index contributed by atoms with van der Waals surface area (Å²) in [5.74, 6) is 5.38. The molecule has 4 aromatic rings. The monoisotopic (exact) mass is 489 g/mol. The first-order chi connectivity index (χ1) is 18.2. The van der Waals surface area contributed by atoms with E-state index in [1.54, 1.807) is 0 Å². The molecular weight excluding hydrogens is 458 g/mol. The second-order valence-corrected chi connectivity index (χ2v) is 12.2. The van der Waals surface area contributed by atoms with Crippen molar-refractivity contribution in [1.82, 2.24) is 13.7 Å². The second kappa shape index (κ2) is 6.12. The molecule has 37 heavy (non-hydrogen) atoms. The summed E-state index contributed by atoms with van der Waals surface area (Å²) in [6, 6.07) is 6.87. The summed E-state index contributed by atoms with van der Waals surface area (Å²) >= 11 is 0. The Morgan fingerprint density at radius 1 is 1.11 bits per heavy atom. The molecule has 6 aliphatic rings. The van der Waals surface area contributed by atoms with Crippen LogP contribution in [0.25, 0.3) is 34.6 Å². The molecule has 2 aliphatic carbocycles. The van der Waals surface area contributed by atoms with Crippen LogP contribution in [0.2, 0.25) is 0 Å². The molecule has 4 aliphatic heterocycles. The van der Waals surface area contributed by atoms with Gasteiger partial charge in [0.2, 0.25) is 11.4 Å². The van der Waals surface area contributed by atoms with Gasteiger partial charge in [-0.2, -0.15) is 9.13 Å². The fraction of sp³-hybridized carbons (Fsp3) is 0.419. The fourth-order valence-corrected chi connectivity index (χ4v) is 9.17. The van der Waals surface area contributed by atoms with Gasteiger partial charge in [-0.1, -0.05) is 19.1 Å². The van der Waals surface area contributed by atoms with Gasteiger partial charge in [0, 0.05) is 42.4 Å². The van der Waals surface area contributed by atoms with Crippen LogP contribution in [-0.4, -0.2) is 30.7 Å². The van der Waals surface area contributed by atoms with Crippen LogP contribution in [0.4, 0.5) is 0 Å². The molecule has 4 atom stereocenters. The number of nitrogens with zero attached hydrogens (tertiary/aromatic N) is 5. The molecular formula is C31H31N5O+2. The van der Waals surface area contributed by atoms with E-state index in [1.165, 1.54) is 58.4 Å². The first kappa shape index (κ1) is 19.6. The lowest BCUT2D eigenvalue weighted by Crippen LogP contribution is -2.58. The predicted octanol–water partition coefficient (Wildman–Crippen LogP) is 5.17. The number of allylic oxidation sites excluding steroid dienone is 2. The van der Waals surface area contributed by atoms with Crippen LogP contribution in [0.1, 0.15) is 73.5 Å². The lowest BCUT2D eigenvalue weighted by Gasteiger charge is -2.35. The van der Waals surface area contributed by atoms with E-state index in [2.05, 4.69) is 85.6 Å². The number of hydrogen-bond acceptors (Lipinski definition) is 1.